The number of amides is 1. The van der Waals surface area contributed by atoms with Crippen LogP contribution in [0.3, 0.4) is 0 Å². The molecule has 0 spiro atoms. The molecule has 3 heterocycles. The molecular weight excluding hydrogens is 831 g/mol. The van der Waals surface area contributed by atoms with Crippen LogP contribution in [-0.4, -0.2) is 119 Å². The summed E-state index contributed by atoms with van der Waals surface area (Å²) in [6, 6.07) is -1.13. The van der Waals surface area contributed by atoms with E-state index in [2.05, 4.69) is 13.0 Å². The van der Waals surface area contributed by atoms with Crippen molar-refractivity contribution in [2.24, 2.45) is 35.0 Å². The molecular formula is C52H81NO12. The zero-order chi connectivity index (χ0) is 48.2. The van der Waals surface area contributed by atoms with Crippen molar-refractivity contribution < 1.29 is 58.2 Å². The molecule has 3 aliphatic heterocycles. The van der Waals surface area contributed by atoms with Crippen molar-refractivity contribution >= 4 is 29.2 Å². The number of nitrogens with zero attached hydrogens (tertiary/aromatic N) is 1. The van der Waals surface area contributed by atoms with Crippen molar-refractivity contribution in [3.8, 4) is 0 Å². The fourth-order valence-corrected chi connectivity index (χ4v) is 10.2. The first-order chi connectivity index (χ1) is 30.6. The van der Waals surface area contributed by atoms with Crippen LogP contribution >= 0.6 is 0 Å². The average Bonchev–Trinajstić information content (AvgIpc) is 3.27. The molecule has 13 atom stereocenters. The first-order valence-electron chi connectivity index (χ1n) is 24.3. The Bertz CT molecular complexity index is 1770. The largest absolute Gasteiger partial charge is 0.460 e. The molecule has 0 aromatic carbocycles. The van der Waals surface area contributed by atoms with Crippen molar-refractivity contribution in [2.45, 2.75) is 194 Å². The number of hydrogen-bond acceptors (Lipinski definition) is 12. The Balaban J connectivity index is 1.70. The van der Waals surface area contributed by atoms with Gasteiger partial charge in [-0.2, -0.15) is 0 Å². The summed E-state index contributed by atoms with van der Waals surface area (Å²) in [4.78, 5) is 71.9. The highest BCUT2D eigenvalue weighted by Gasteiger charge is 2.53. The zero-order valence-electron chi connectivity index (χ0n) is 41.0. The van der Waals surface area contributed by atoms with Gasteiger partial charge in [-0.3, -0.25) is 19.2 Å². The molecule has 1 aliphatic carbocycles. The zero-order valence-corrected chi connectivity index (χ0v) is 41.0. The van der Waals surface area contributed by atoms with Gasteiger partial charge in [-0.1, -0.05) is 64.2 Å². The van der Waals surface area contributed by atoms with Gasteiger partial charge in [-0.25, -0.2) is 4.79 Å². The standard InChI is InChI=1S/C52H81NO12/c1-11-37-18-14-12-13-17-32(2)44(62-9)28-39-22-20-36(6)52(61,65-39)48(58)49(59)53-24-16-15-19-40(53)50(60)64-45(34(4)26-38-21-23-41(54)46(27-38)63-10)30-47(57)51(7,8)31-35(5)43(56)29-42(55)33(3)25-37/h12-14,17-18,31,33-34,36-41,43-46,54,56,61H,11,15-16,19-30H2,1-10H3/b13-12+,18-14+,32-17+,35-31+/t33-,34-,36-,37-,38+,39+,40+,41-,43+,44+,45+,46-,52-/m1/s1. The second-order valence-corrected chi connectivity index (χ2v) is 20.3. The van der Waals surface area contributed by atoms with Crippen LogP contribution in [-0.2, 0) is 42.9 Å². The number of cyclic esters (lactones) is 1. The van der Waals surface area contributed by atoms with Crippen LogP contribution in [0.4, 0.5) is 0 Å². The number of methoxy groups -OCH3 is 2. The number of esters is 1. The second-order valence-electron chi connectivity index (χ2n) is 20.3. The van der Waals surface area contributed by atoms with E-state index in [1.165, 1.54) is 4.90 Å². The topological polar surface area (TPSA) is 186 Å². The maximum absolute atomic E-state index is 14.4. The van der Waals surface area contributed by atoms with Crippen LogP contribution in [0.5, 0.6) is 0 Å². The molecule has 2 saturated heterocycles. The molecule has 13 heteroatoms. The molecule has 1 amide bonds. The molecule has 13 nitrogen and oxygen atoms in total. The third-order valence-corrected chi connectivity index (χ3v) is 14.8. The first kappa shape index (κ1) is 54.3. The van der Waals surface area contributed by atoms with Gasteiger partial charge in [0.25, 0.3) is 11.7 Å². The van der Waals surface area contributed by atoms with Crippen LogP contribution in [0.2, 0.25) is 0 Å². The Labute approximate surface area is 388 Å². The van der Waals surface area contributed by atoms with Gasteiger partial charge in [0.1, 0.15) is 23.7 Å². The number of aliphatic hydroxyl groups excluding tert-OH is 2. The van der Waals surface area contributed by atoms with Crippen LogP contribution < -0.4 is 0 Å². The molecule has 0 aromatic heterocycles. The van der Waals surface area contributed by atoms with Crippen LogP contribution in [0.15, 0.2) is 47.6 Å². The third-order valence-electron chi connectivity index (χ3n) is 14.8. The number of aliphatic hydroxyl groups is 3. The lowest BCUT2D eigenvalue weighted by atomic mass is 9.77. The fourth-order valence-electron chi connectivity index (χ4n) is 10.2. The predicted octanol–water partition coefficient (Wildman–Crippen LogP) is 7.34. The van der Waals surface area contributed by atoms with Crippen LogP contribution in [0, 0.1) is 35.0 Å². The molecule has 4 rings (SSSR count). The second kappa shape index (κ2) is 24.6. The van der Waals surface area contributed by atoms with E-state index in [-0.39, 0.29) is 67.1 Å². The lowest BCUT2D eigenvalue weighted by Crippen LogP contribution is -2.61. The molecule has 0 unspecified atom stereocenters. The number of hydrogen-bond donors (Lipinski definition) is 3. The molecule has 3 fully saturated rings. The Kier molecular flexibility index (Phi) is 20.6. The number of allylic oxidation sites excluding steroid dienone is 6. The number of Topliss-reactive ketones (excluding diaryl/α,β-unsaturated/α-hetero) is 3. The summed E-state index contributed by atoms with van der Waals surface area (Å²) in [5, 5.41) is 33.7. The SMILES string of the molecule is CC[C@@H]1/C=C/C=C/C=C(\C)[C@@H](OC)C[C@@H]2CC[C@@H](C)[C@@](O)(O2)C(=O)C(=O)N2CCCC[C@H]2C(=O)O[C@H]([C@H](C)C[C@@H]2CC[C@@H](O)[C@H](OC)C2)CC(=O)C(C)(C)/C=C(\C)[C@@H](O)CC(=O)[C@H](C)C1. The third kappa shape index (κ3) is 14.6. The van der Waals surface area contributed by atoms with E-state index in [0.29, 0.717) is 63.4 Å². The van der Waals surface area contributed by atoms with E-state index < -0.39 is 71.3 Å². The molecule has 366 valence electrons. The highest BCUT2D eigenvalue weighted by molar-refractivity contribution is 6.39. The highest BCUT2D eigenvalue weighted by Crippen LogP contribution is 2.38. The van der Waals surface area contributed by atoms with Gasteiger partial charge in [0.2, 0.25) is 5.79 Å². The minimum Gasteiger partial charge on any atom is -0.460 e. The summed E-state index contributed by atoms with van der Waals surface area (Å²) in [6.45, 7) is 14.8. The van der Waals surface area contributed by atoms with Crippen molar-refractivity contribution in [3.63, 3.8) is 0 Å². The van der Waals surface area contributed by atoms with Gasteiger partial charge in [-0.15, -0.1) is 0 Å². The van der Waals surface area contributed by atoms with E-state index >= 15 is 0 Å². The number of rotatable bonds is 6. The summed E-state index contributed by atoms with van der Waals surface area (Å²) in [7, 11) is 3.16. The van der Waals surface area contributed by atoms with Gasteiger partial charge >= 0.3 is 5.97 Å². The minimum atomic E-state index is -2.42. The van der Waals surface area contributed by atoms with E-state index in [1.54, 1.807) is 48.0 Å². The van der Waals surface area contributed by atoms with Crippen LogP contribution in [0.1, 0.15) is 145 Å². The molecule has 1 saturated carbocycles. The summed E-state index contributed by atoms with van der Waals surface area (Å²) in [5.41, 5.74) is 0.266. The van der Waals surface area contributed by atoms with Gasteiger partial charge in [0.05, 0.1) is 30.5 Å². The normalized spacial score (nSPS) is 38.9. The predicted molar refractivity (Wildman–Crippen MR) is 248 cm³/mol. The van der Waals surface area contributed by atoms with Gasteiger partial charge in [0.15, 0.2) is 0 Å². The Morgan fingerprint density at radius 3 is 2.28 bits per heavy atom. The van der Waals surface area contributed by atoms with E-state index in [4.69, 9.17) is 18.9 Å². The lowest BCUT2D eigenvalue weighted by molar-refractivity contribution is -0.265. The maximum Gasteiger partial charge on any atom is 0.329 e. The van der Waals surface area contributed by atoms with Crippen molar-refractivity contribution in [2.75, 3.05) is 20.8 Å². The van der Waals surface area contributed by atoms with Crippen molar-refractivity contribution in [3.05, 3.63) is 47.6 Å². The number of ketones is 3. The van der Waals surface area contributed by atoms with Crippen molar-refractivity contribution in [1.29, 1.82) is 0 Å². The summed E-state index contributed by atoms with van der Waals surface area (Å²) >= 11 is 0. The maximum atomic E-state index is 14.4. The molecule has 65 heavy (non-hydrogen) atoms. The number of piperidine rings is 1. The smallest absolute Gasteiger partial charge is 0.329 e. The highest BCUT2D eigenvalue weighted by atomic mass is 16.6. The molecule has 0 aromatic rings. The Morgan fingerprint density at radius 2 is 1.60 bits per heavy atom. The van der Waals surface area contributed by atoms with Gasteiger partial charge in [0, 0.05) is 57.3 Å². The summed E-state index contributed by atoms with van der Waals surface area (Å²) in [6.07, 6.45) is 13.8. The molecule has 3 N–H and O–H groups in total. The summed E-state index contributed by atoms with van der Waals surface area (Å²) in [5.74, 6) is -6.69. The average molecular weight is 912 g/mol. The fraction of sp³-hybridized carbons (Fsp3) is 0.750. The number of carbonyl (C=O) groups excluding carboxylic acids is 5. The molecule has 4 aliphatic rings. The van der Waals surface area contributed by atoms with Crippen molar-refractivity contribution in [1.82, 2.24) is 4.90 Å². The number of carbonyl (C=O) groups is 5. The summed E-state index contributed by atoms with van der Waals surface area (Å²) < 4.78 is 23.9. The van der Waals surface area contributed by atoms with E-state index in [1.807, 2.05) is 45.1 Å². The Morgan fingerprint density at radius 1 is 0.877 bits per heavy atom. The van der Waals surface area contributed by atoms with Gasteiger partial charge in [-0.05, 0) is 127 Å². The van der Waals surface area contributed by atoms with Gasteiger partial charge < -0.3 is 39.2 Å². The number of fused-ring (bicyclic) bond motifs is 3. The number of ether oxygens (including phenoxy) is 4. The monoisotopic (exact) mass is 912 g/mol. The van der Waals surface area contributed by atoms with E-state index in [9.17, 15) is 39.3 Å². The first-order valence-corrected chi connectivity index (χ1v) is 24.3. The van der Waals surface area contributed by atoms with Crippen LogP contribution in [0.25, 0.3) is 0 Å². The minimum absolute atomic E-state index is 0.0663. The molecule has 0 radical (unpaired) electrons. The quantitative estimate of drug-likeness (QED) is 0.137. The lowest BCUT2D eigenvalue weighted by Gasteiger charge is -2.42. The van der Waals surface area contributed by atoms with E-state index in [0.717, 1.165) is 18.4 Å². The molecule has 2 bridgehead atoms. The Hall–Kier alpha value is -3.33.